The summed E-state index contributed by atoms with van der Waals surface area (Å²) in [5.41, 5.74) is 1.77. The molecule has 3 nitrogen and oxygen atoms in total. The number of aryl methyl sites for hydroxylation is 1. The van der Waals surface area contributed by atoms with E-state index in [1.54, 1.807) is 0 Å². The molecular weight excluding hydrogens is 350 g/mol. The Kier molecular flexibility index (Phi) is 4.96. The number of rotatable bonds is 4. The van der Waals surface area contributed by atoms with E-state index in [0.29, 0.717) is 17.9 Å². The number of carbonyl (C=O) groups is 1. The minimum Gasteiger partial charge on any atom is -0.469 e. The average molecular weight is 361 g/mol. The van der Waals surface area contributed by atoms with Crippen LogP contribution in [-0.2, 0) is 16.0 Å². The van der Waals surface area contributed by atoms with Crippen LogP contribution in [0.25, 0.3) is 10.6 Å². The predicted molar refractivity (Wildman–Crippen MR) is 80.6 cm³/mol. The second-order valence-corrected chi connectivity index (χ2v) is 6.03. The normalized spacial score (nSPS) is 10.5. The van der Waals surface area contributed by atoms with Crippen LogP contribution in [0, 0.1) is 0 Å². The molecule has 0 aliphatic rings. The SMILES string of the molecule is COC(=O)CCc1csc(-c2cc(Br)ccc2Cl)n1. The van der Waals surface area contributed by atoms with Crippen LogP contribution in [0.3, 0.4) is 0 Å². The number of carbonyl (C=O) groups excluding carboxylic acids is 1. The maximum Gasteiger partial charge on any atom is 0.305 e. The van der Waals surface area contributed by atoms with E-state index >= 15 is 0 Å². The van der Waals surface area contributed by atoms with Crippen LogP contribution < -0.4 is 0 Å². The number of benzene rings is 1. The minimum atomic E-state index is -0.227. The molecular formula is C13H11BrClNO2S. The lowest BCUT2D eigenvalue weighted by atomic mass is 10.2. The first kappa shape index (κ1) is 14.5. The summed E-state index contributed by atoms with van der Waals surface area (Å²) < 4.78 is 5.56. The van der Waals surface area contributed by atoms with Crippen molar-refractivity contribution in [2.75, 3.05) is 7.11 Å². The number of hydrogen-bond donors (Lipinski definition) is 0. The van der Waals surface area contributed by atoms with Crippen LogP contribution >= 0.6 is 38.9 Å². The van der Waals surface area contributed by atoms with Crippen molar-refractivity contribution in [1.29, 1.82) is 0 Å². The standard InChI is InChI=1S/C13H11BrClNO2S/c1-18-12(17)5-3-9-7-19-13(16-9)10-6-8(14)2-4-11(10)15/h2,4,6-7H,3,5H2,1H3. The highest BCUT2D eigenvalue weighted by atomic mass is 79.9. The van der Waals surface area contributed by atoms with Crippen LogP contribution in [-0.4, -0.2) is 18.1 Å². The molecule has 0 atom stereocenters. The van der Waals surface area contributed by atoms with Gasteiger partial charge < -0.3 is 4.74 Å². The molecule has 2 rings (SSSR count). The highest BCUT2D eigenvalue weighted by molar-refractivity contribution is 9.10. The van der Waals surface area contributed by atoms with Gasteiger partial charge in [0.05, 0.1) is 24.2 Å². The van der Waals surface area contributed by atoms with E-state index in [1.165, 1.54) is 18.4 Å². The summed E-state index contributed by atoms with van der Waals surface area (Å²) in [4.78, 5) is 15.6. The third kappa shape index (κ3) is 3.78. The van der Waals surface area contributed by atoms with Crippen molar-refractivity contribution < 1.29 is 9.53 Å². The van der Waals surface area contributed by atoms with Gasteiger partial charge in [0.2, 0.25) is 0 Å². The van der Waals surface area contributed by atoms with Gasteiger partial charge in [0.15, 0.2) is 0 Å². The molecule has 0 aliphatic heterocycles. The summed E-state index contributed by atoms with van der Waals surface area (Å²) in [6, 6.07) is 5.65. The number of nitrogens with zero attached hydrogens (tertiary/aromatic N) is 1. The van der Waals surface area contributed by atoms with E-state index in [4.69, 9.17) is 11.6 Å². The zero-order valence-corrected chi connectivity index (χ0v) is 13.3. The Hall–Kier alpha value is -0.910. The van der Waals surface area contributed by atoms with Crippen LogP contribution in [0.15, 0.2) is 28.1 Å². The van der Waals surface area contributed by atoms with E-state index in [1.807, 2.05) is 23.6 Å². The largest absolute Gasteiger partial charge is 0.469 e. The molecule has 0 bridgehead atoms. The quantitative estimate of drug-likeness (QED) is 0.762. The van der Waals surface area contributed by atoms with Crippen molar-refractivity contribution in [3.05, 3.63) is 38.8 Å². The van der Waals surface area contributed by atoms with Gasteiger partial charge in [0.1, 0.15) is 5.01 Å². The summed E-state index contributed by atoms with van der Waals surface area (Å²) in [5, 5.41) is 3.46. The van der Waals surface area contributed by atoms with Gasteiger partial charge in [-0.3, -0.25) is 4.79 Å². The van der Waals surface area contributed by atoms with Gasteiger partial charge in [-0.2, -0.15) is 0 Å². The molecule has 0 amide bonds. The highest BCUT2D eigenvalue weighted by Crippen LogP contribution is 2.32. The summed E-state index contributed by atoms with van der Waals surface area (Å²) in [6.45, 7) is 0. The summed E-state index contributed by atoms with van der Waals surface area (Å²) in [6.07, 6.45) is 0.917. The van der Waals surface area contributed by atoms with Gasteiger partial charge in [-0.1, -0.05) is 27.5 Å². The van der Waals surface area contributed by atoms with Gasteiger partial charge in [-0.05, 0) is 18.2 Å². The fraction of sp³-hybridized carbons (Fsp3) is 0.231. The zero-order chi connectivity index (χ0) is 13.8. The average Bonchev–Trinajstić information content (AvgIpc) is 2.87. The number of thiazole rings is 1. The molecule has 2 aromatic rings. The van der Waals surface area contributed by atoms with Crippen molar-refractivity contribution in [3.63, 3.8) is 0 Å². The van der Waals surface area contributed by atoms with Crippen LogP contribution in [0.2, 0.25) is 5.02 Å². The molecule has 0 saturated heterocycles. The Bertz CT molecular complexity index is 600. The minimum absolute atomic E-state index is 0.227. The van der Waals surface area contributed by atoms with Crippen molar-refractivity contribution in [3.8, 4) is 10.6 Å². The highest BCUT2D eigenvalue weighted by Gasteiger charge is 2.10. The molecule has 19 heavy (non-hydrogen) atoms. The van der Waals surface area contributed by atoms with Crippen LogP contribution in [0.5, 0.6) is 0 Å². The van der Waals surface area contributed by atoms with Crippen LogP contribution in [0.4, 0.5) is 0 Å². The number of halogens is 2. The Labute approximate surface area is 128 Å². The molecule has 1 aromatic carbocycles. The smallest absolute Gasteiger partial charge is 0.305 e. The van der Waals surface area contributed by atoms with E-state index in [9.17, 15) is 4.79 Å². The van der Waals surface area contributed by atoms with E-state index in [0.717, 1.165) is 20.7 Å². The van der Waals surface area contributed by atoms with E-state index in [2.05, 4.69) is 25.7 Å². The molecule has 0 radical (unpaired) electrons. The Balaban J connectivity index is 2.16. The van der Waals surface area contributed by atoms with Gasteiger partial charge in [-0.15, -0.1) is 11.3 Å². The first-order chi connectivity index (χ1) is 9.10. The second-order valence-electron chi connectivity index (χ2n) is 3.84. The first-order valence-corrected chi connectivity index (χ1v) is 7.62. The maximum absolute atomic E-state index is 11.1. The van der Waals surface area contributed by atoms with Crippen LogP contribution in [0.1, 0.15) is 12.1 Å². The number of hydrogen-bond acceptors (Lipinski definition) is 4. The Morgan fingerprint density at radius 3 is 3.05 bits per heavy atom. The van der Waals surface area contributed by atoms with E-state index < -0.39 is 0 Å². The van der Waals surface area contributed by atoms with E-state index in [-0.39, 0.29) is 5.97 Å². The fourth-order valence-corrected chi connectivity index (χ4v) is 3.05. The number of ether oxygens (including phenoxy) is 1. The lowest BCUT2D eigenvalue weighted by Crippen LogP contribution is -2.01. The third-order valence-electron chi connectivity index (χ3n) is 2.52. The number of methoxy groups -OCH3 is 1. The van der Waals surface area contributed by atoms with Gasteiger partial charge in [0, 0.05) is 21.8 Å². The van der Waals surface area contributed by atoms with Crippen molar-refractivity contribution in [2.24, 2.45) is 0 Å². The Morgan fingerprint density at radius 2 is 2.32 bits per heavy atom. The summed E-state index contributed by atoms with van der Waals surface area (Å²) in [7, 11) is 1.38. The van der Waals surface area contributed by atoms with Crippen molar-refractivity contribution >= 4 is 44.8 Å². The molecule has 0 aliphatic carbocycles. The van der Waals surface area contributed by atoms with Crippen molar-refractivity contribution in [2.45, 2.75) is 12.8 Å². The predicted octanol–water partition coefficient (Wildman–Crippen LogP) is 4.33. The summed E-state index contributed by atoms with van der Waals surface area (Å²) in [5.74, 6) is -0.227. The zero-order valence-electron chi connectivity index (χ0n) is 10.2. The molecule has 0 N–H and O–H groups in total. The third-order valence-corrected chi connectivity index (χ3v) is 4.27. The Morgan fingerprint density at radius 1 is 1.53 bits per heavy atom. The molecule has 0 unspecified atom stereocenters. The van der Waals surface area contributed by atoms with Gasteiger partial charge in [-0.25, -0.2) is 4.98 Å². The summed E-state index contributed by atoms with van der Waals surface area (Å²) >= 11 is 11.1. The lowest BCUT2D eigenvalue weighted by molar-refractivity contribution is -0.140. The molecule has 6 heteroatoms. The lowest BCUT2D eigenvalue weighted by Gasteiger charge is -2.01. The number of esters is 1. The van der Waals surface area contributed by atoms with Gasteiger partial charge in [0.25, 0.3) is 0 Å². The number of aromatic nitrogens is 1. The molecule has 1 heterocycles. The van der Waals surface area contributed by atoms with Gasteiger partial charge >= 0.3 is 5.97 Å². The molecule has 0 fully saturated rings. The maximum atomic E-state index is 11.1. The molecule has 0 spiro atoms. The molecule has 1 aromatic heterocycles. The van der Waals surface area contributed by atoms with Crippen molar-refractivity contribution in [1.82, 2.24) is 4.98 Å². The topological polar surface area (TPSA) is 39.2 Å². The fourth-order valence-electron chi connectivity index (χ4n) is 1.54. The monoisotopic (exact) mass is 359 g/mol. The molecule has 100 valence electrons. The second kappa shape index (κ2) is 6.50. The first-order valence-electron chi connectivity index (χ1n) is 5.57. The molecule has 0 saturated carbocycles.